The molecule has 0 bridgehead atoms. The van der Waals surface area contributed by atoms with Gasteiger partial charge in [-0.25, -0.2) is 0 Å². The molecule has 1 rings (SSSR count). The van der Waals surface area contributed by atoms with Gasteiger partial charge in [-0.3, -0.25) is 14.9 Å². The van der Waals surface area contributed by atoms with Gasteiger partial charge in [0.15, 0.2) is 0 Å². The highest BCUT2D eigenvalue weighted by atomic mass is 16.6. The maximum atomic E-state index is 10.9. The summed E-state index contributed by atoms with van der Waals surface area (Å²) in [5.41, 5.74) is 0.798. The predicted molar refractivity (Wildman–Crippen MR) is 63.2 cm³/mol. The first kappa shape index (κ1) is 13.2. The minimum atomic E-state index is -0.470. The van der Waals surface area contributed by atoms with Gasteiger partial charge in [-0.05, 0) is 32.4 Å². The quantitative estimate of drug-likeness (QED) is 0.583. The highest BCUT2D eigenvalue weighted by Crippen LogP contribution is 2.25. The molecule has 1 aromatic rings. The number of nitrogens with zero attached hydrogens (tertiary/aromatic N) is 1. The zero-order valence-electron chi connectivity index (χ0n) is 10.1. The maximum Gasteiger partial charge on any atom is 0.273 e. The molecule has 0 radical (unpaired) electrons. The van der Waals surface area contributed by atoms with E-state index in [-0.39, 0.29) is 17.6 Å². The summed E-state index contributed by atoms with van der Waals surface area (Å²) < 4.78 is 5.52. The van der Waals surface area contributed by atoms with E-state index >= 15 is 0 Å². The van der Waals surface area contributed by atoms with Crippen LogP contribution in [0.5, 0.6) is 5.75 Å². The molecule has 0 N–H and O–H groups in total. The van der Waals surface area contributed by atoms with Gasteiger partial charge in [-0.1, -0.05) is 0 Å². The van der Waals surface area contributed by atoms with Gasteiger partial charge < -0.3 is 4.74 Å². The van der Waals surface area contributed by atoms with Crippen molar-refractivity contribution in [1.82, 2.24) is 0 Å². The van der Waals surface area contributed by atoms with Crippen LogP contribution in [0.25, 0.3) is 0 Å². The van der Waals surface area contributed by atoms with Crippen LogP contribution in [-0.4, -0.2) is 16.8 Å². The standard InChI is InChI=1S/C12H15NO4/c1-8-4-5-11(13(15)16)7-12(8)17-10(3)6-9(2)14/h4-5,7,10H,6H2,1-3H3. The second-order valence-corrected chi connectivity index (χ2v) is 4.04. The minimum absolute atomic E-state index is 0.0133. The third-order valence-electron chi connectivity index (χ3n) is 2.29. The first-order valence-electron chi connectivity index (χ1n) is 5.31. The Labute approximate surface area is 99.5 Å². The molecule has 92 valence electrons. The Balaban J connectivity index is 2.86. The van der Waals surface area contributed by atoms with Crippen molar-refractivity contribution in [2.45, 2.75) is 33.3 Å². The Hall–Kier alpha value is -1.91. The Kier molecular flexibility index (Phi) is 4.20. The molecule has 17 heavy (non-hydrogen) atoms. The summed E-state index contributed by atoms with van der Waals surface area (Å²) in [5, 5.41) is 10.6. The van der Waals surface area contributed by atoms with Gasteiger partial charge in [-0.15, -0.1) is 0 Å². The number of nitro groups is 1. The van der Waals surface area contributed by atoms with Gasteiger partial charge >= 0.3 is 0 Å². The molecule has 0 saturated heterocycles. The van der Waals surface area contributed by atoms with Crippen molar-refractivity contribution in [3.8, 4) is 5.75 Å². The van der Waals surface area contributed by atoms with Crippen molar-refractivity contribution in [2.75, 3.05) is 0 Å². The van der Waals surface area contributed by atoms with E-state index in [9.17, 15) is 14.9 Å². The fourth-order valence-corrected chi connectivity index (χ4v) is 1.49. The van der Waals surface area contributed by atoms with E-state index in [0.29, 0.717) is 12.2 Å². The van der Waals surface area contributed by atoms with Crippen LogP contribution in [0.1, 0.15) is 25.8 Å². The Bertz CT molecular complexity index is 442. The number of rotatable bonds is 5. The normalized spacial score (nSPS) is 11.9. The van der Waals surface area contributed by atoms with Gasteiger partial charge in [-0.2, -0.15) is 0 Å². The van der Waals surface area contributed by atoms with E-state index in [1.165, 1.54) is 19.1 Å². The molecular weight excluding hydrogens is 222 g/mol. The van der Waals surface area contributed by atoms with Crippen LogP contribution in [0.15, 0.2) is 18.2 Å². The summed E-state index contributed by atoms with van der Waals surface area (Å²) >= 11 is 0. The lowest BCUT2D eigenvalue weighted by atomic mass is 10.2. The molecule has 0 aliphatic carbocycles. The molecule has 0 spiro atoms. The van der Waals surface area contributed by atoms with E-state index in [0.717, 1.165) is 5.56 Å². The van der Waals surface area contributed by atoms with Gasteiger partial charge in [0, 0.05) is 12.5 Å². The van der Waals surface area contributed by atoms with Crippen molar-refractivity contribution in [1.29, 1.82) is 0 Å². The number of ether oxygens (including phenoxy) is 1. The average Bonchev–Trinajstić information content (AvgIpc) is 2.19. The average molecular weight is 237 g/mol. The van der Waals surface area contributed by atoms with Crippen LogP contribution in [-0.2, 0) is 4.79 Å². The van der Waals surface area contributed by atoms with Crippen molar-refractivity contribution in [3.63, 3.8) is 0 Å². The van der Waals surface area contributed by atoms with Crippen molar-refractivity contribution in [2.24, 2.45) is 0 Å². The van der Waals surface area contributed by atoms with Gasteiger partial charge in [0.1, 0.15) is 17.6 Å². The van der Waals surface area contributed by atoms with E-state index in [4.69, 9.17) is 4.74 Å². The summed E-state index contributed by atoms with van der Waals surface area (Å²) in [5.74, 6) is 0.480. The van der Waals surface area contributed by atoms with Gasteiger partial charge in [0.2, 0.25) is 0 Å². The monoisotopic (exact) mass is 237 g/mol. The maximum absolute atomic E-state index is 10.9. The fourth-order valence-electron chi connectivity index (χ4n) is 1.49. The molecule has 0 fully saturated rings. The lowest BCUT2D eigenvalue weighted by molar-refractivity contribution is -0.385. The number of ketones is 1. The van der Waals surface area contributed by atoms with Crippen LogP contribution in [0.4, 0.5) is 5.69 Å². The molecule has 5 heteroatoms. The van der Waals surface area contributed by atoms with Crippen molar-refractivity contribution in [3.05, 3.63) is 33.9 Å². The zero-order valence-corrected chi connectivity index (χ0v) is 10.1. The number of non-ortho nitro benzene ring substituents is 1. The highest BCUT2D eigenvalue weighted by Gasteiger charge is 2.13. The molecule has 1 unspecified atom stereocenters. The molecular formula is C12H15NO4. The number of Topliss-reactive ketones (excluding diaryl/α,β-unsaturated/α-hetero) is 1. The minimum Gasteiger partial charge on any atom is -0.490 e. The predicted octanol–water partition coefficient (Wildman–Crippen LogP) is 2.65. The van der Waals surface area contributed by atoms with Crippen LogP contribution in [0.3, 0.4) is 0 Å². The third-order valence-corrected chi connectivity index (χ3v) is 2.29. The molecule has 5 nitrogen and oxygen atoms in total. The van der Waals surface area contributed by atoms with E-state index in [1.807, 2.05) is 0 Å². The first-order valence-corrected chi connectivity index (χ1v) is 5.31. The molecule has 1 atom stereocenters. The number of aryl methyl sites for hydroxylation is 1. The topological polar surface area (TPSA) is 69.4 Å². The molecule has 0 aliphatic rings. The number of benzene rings is 1. The summed E-state index contributed by atoms with van der Waals surface area (Å²) in [4.78, 5) is 21.1. The summed E-state index contributed by atoms with van der Waals surface area (Å²) in [6, 6.07) is 4.44. The van der Waals surface area contributed by atoms with Crippen LogP contribution < -0.4 is 4.74 Å². The second kappa shape index (κ2) is 5.43. The fraction of sp³-hybridized carbons (Fsp3) is 0.417. The van der Waals surface area contributed by atoms with Gasteiger partial charge in [0.05, 0.1) is 11.0 Å². The summed E-state index contributed by atoms with van der Waals surface area (Å²) in [6.45, 7) is 5.05. The Morgan fingerprint density at radius 2 is 2.18 bits per heavy atom. The lowest BCUT2D eigenvalue weighted by Gasteiger charge is -2.14. The molecule has 0 heterocycles. The van der Waals surface area contributed by atoms with E-state index < -0.39 is 4.92 Å². The summed E-state index contributed by atoms with van der Waals surface area (Å²) in [7, 11) is 0. The highest BCUT2D eigenvalue weighted by molar-refractivity contribution is 5.75. The largest absolute Gasteiger partial charge is 0.490 e. The third kappa shape index (κ3) is 3.86. The lowest BCUT2D eigenvalue weighted by Crippen LogP contribution is -2.16. The second-order valence-electron chi connectivity index (χ2n) is 4.04. The SMILES string of the molecule is CC(=O)CC(C)Oc1cc([N+](=O)[O-])ccc1C. The van der Waals surface area contributed by atoms with Crippen LogP contribution in [0, 0.1) is 17.0 Å². The summed E-state index contributed by atoms with van der Waals surface area (Å²) in [6.07, 6.45) is 0.00971. The van der Waals surface area contributed by atoms with Crippen LogP contribution in [0.2, 0.25) is 0 Å². The Morgan fingerprint density at radius 3 is 2.71 bits per heavy atom. The van der Waals surface area contributed by atoms with Gasteiger partial charge in [0.25, 0.3) is 5.69 Å². The Morgan fingerprint density at radius 1 is 1.53 bits per heavy atom. The number of nitro benzene ring substituents is 1. The van der Waals surface area contributed by atoms with Crippen molar-refractivity contribution < 1.29 is 14.5 Å². The number of hydrogen-bond acceptors (Lipinski definition) is 4. The van der Waals surface area contributed by atoms with Crippen LogP contribution >= 0.6 is 0 Å². The molecule has 0 aromatic heterocycles. The molecule has 0 aliphatic heterocycles. The first-order chi connectivity index (χ1) is 7.90. The molecule has 0 amide bonds. The number of carbonyl (C=O) groups is 1. The van der Waals surface area contributed by atoms with E-state index in [1.54, 1.807) is 19.9 Å². The molecule has 0 saturated carbocycles. The zero-order chi connectivity index (χ0) is 13.0. The van der Waals surface area contributed by atoms with E-state index in [2.05, 4.69) is 0 Å². The molecule has 1 aromatic carbocycles. The number of carbonyl (C=O) groups excluding carboxylic acids is 1. The smallest absolute Gasteiger partial charge is 0.273 e. The van der Waals surface area contributed by atoms with Crippen molar-refractivity contribution >= 4 is 11.5 Å². The number of hydrogen-bond donors (Lipinski definition) is 0.